The van der Waals surface area contributed by atoms with Crippen molar-refractivity contribution < 1.29 is 14.3 Å². The van der Waals surface area contributed by atoms with Crippen molar-refractivity contribution in [2.75, 3.05) is 5.32 Å². The van der Waals surface area contributed by atoms with Crippen molar-refractivity contribution in [2.24, 2.45) is 0 Å². The normalized spacial score (nSPS) is 10.2. The first-order valence-corrected chi connectivity index (χ1v) is 5.29. The van der Waals surface area contributed by atoms with Gasteiger partial charge in [-0.1, -0.05) is 11.6 Å². The summed E-state index contributed by atoms with van der Waals surface area (Å²) in [5.74, 6) is -0.0867. The van der Waals surface area contributed by atoms with Crippen LogP contribution in [0.2, 0.25) is 5.02 Å². The van der Waals surface area contributed by atoms with Crippen LogP contribution in [0.5, 0.6) is 5.75 Å². The van der Waals surface area contributed by atoms with Gasteiger partial charge in [0.1, 0.15) is 5.75 Å². The lowest BCUT2D eigenvalue weighted by Gasteiger charge is -2.06. The molecule has 1 amide bonds. The number of hydrogen-bond donors (Lipinski definition) is 2. The van der Waals surface area contributed by atoms with Crippen molar-refractivity contribution >= 4 is 23.2 Å². The van der Waals surface area contributed by atoms with Crippen LogP contribution in [0.15, 0.2) is 34.9 Å². The zero-order chi connectivity index (χ0) is 12.4. The molecule has 1 aromatic carbocycles. The molecule has 88 valence electrons. The Kier molecular flexibility index (Phi) is 3.06. The zero-order valence-corrected chi connectivity index (χ0v) is 9.78. The highest BCUT2D eigenvalue weighted by molar-refractivity contribution is 6.34. The number of halogens is 1. The van der Waals surface area contributed by atoms with Crippen LogP contribution < -0.4 is 5.32 Å². The summed E-state index contributed by atoms with van der Waals surface area (Å²) in [4.78, 5) is 11.8. The summed E-state index contributed by atoms with van der Waals surface area (Å²) in [6.45, 7) is 1.77. The monoisotopic (exact) mass is 251 g/mol. The predicted octanol–water partition coefficient (Wildman–Crippen LogP) is 3.20. The maximum atomic E-state index is 11.8. The summed E-state index contributed by atoms with van der Waals surface area (Å²) in [7, 11) is 0. The lowest BCUT2D eigenvalue weighted by atomic mass is 10.2. The number of rotatable bonds is 2. The molecule has 0 saturated heterocycles. The largest absolute Gasteiger partial charge is 0.508 e. The average Bonchev–Trinajstić information content (AvgIpc) is 2.68. The summed E-state index contributed by atoms with van der Waals surface area (Å²) in [6.07, 6.45) is 1.45. The fourth-order valence-corrected chi connectivity index (χ4v) is 1.61. The molecule has 2 N–H and O–H groups in total. The highest BCUT2D eigenvalue weighted by atomic mass is 35.5. The molecule has 2 rings (SSSR count). The number of aromatic hydroxyl groups is 1. The summed E-state index contributed by atoms with van der Waals surface area (Å²) in [6, 6.07) is 6.02. The summed E-state index contributed by atoms with van der Waals surface area (Å²) in [5.41, 5.74) is 1.17. The van der Waals surface area contributed by atoms with Gasteiger partial charge in [-0.25, -0.2) is 0 Å². The van der Waals surface area contributed by atoms with E-state index < -0.39 is 0 Å². The third-order valence-electron chi connectivity index (χ3n) is 2.27. The fraction of sp³-hybridized carbons (Fsp3) is 0.0833. The quantitative estimate of drug-likeness (QED) is 0.806. The van der Waals surface area contributed by atoms with Crippen LogP contribution in [0.3, 0.4) is 0 Å². The Labute approximate surface area is 103 Å². The van der Waals surface area contributed by atoms with Gasteiger partial charge in [-0.2, -0.15) is 0 Å². The fourth-order valence-electron chi connectivity index (χ4n) is 1.39. The molecule has 0 aliphatic carbocycles. The van der Waals surface area contributed by atoms with Crippen LogP contribution in [0, 0.1) is 6.92 Å². The molecule has 5 heteroatoms. The Morgan fingerprint density at radius 2 is 2.18 bits per heavy atom. The summed E-state index contributed by atoms with van der Waals surface area (Å²) in [5, 5.41) is 12.1. The standard InChI is InChI=1S/C12H10ClNO3/c1-7-4-5-17-11(7)12(16)14-10-3-2-8(15)6-9(10)13/h2-6,15H,1H3,(H,14,16). The molecule has 0 aliphatic rings. The van der Waals surface area contributed by atoms with E-state index in [2.05, 4.69) is 5.32 Å². The van der Waals surface area contributed by atoms with Crippen molar-refractivity contribution in [1.29, 1.82) is 0 Å². The van der Waals surface area contributed by atoms with E-state index in [1.807, 2.05) is 0 Å². The Morgan fingerprint density at radius 3 is 2.76 bits per heavy atom. The van der Waals surface area contributed by atoms with Gasteiger partial charge in [0.05, 0.1) is 17.0 Å². The zero-order valence-electron chi connectivity index (χ0n) is 9.03. The van der Waals surface area contributed by atoms with Gasteiger partial charge in [-0.15, -0.1) is 0 Å². The second-order valence-electron chi connectivity index (χ2n) is 3.55. The molecule has 0 saturated carbocycles. The number of phenols is 1. The Morgan fingerprint density at radius 1 is 1.41 bits per heavy atom. The first-order chi connectivity index (χ1) is 8.08. The molecular formula is C12H10ClNO3. The molecule has 1 heterocycles. The number of carbonyl (C=O) groups is 1. The highest BCUT2D eigenvalue weighted by Gasteiger charge is 2.14. The Bertz CT molecular complexity index is 563. The van der Waals surface area contributed by atoms with Crippen LogP contribution in [0.1, 0.15) is 16.1 Å². The first kappa shape index (κ1) is 11.5. The lowest BCUT2D eigenvalue weighted by molar-refractivity contribution is 0.0996. The van der Waals surface area contributed by atoms with E-state index in [0.717, 1.165) is 5.56 Å². The smallest absolute Gasteiger partial charge is 0.291 e. The van der Waals surface area contributed by atoms with E-state index in [1.165, 1.54) is 24.5 Å². The van der Waals surface area contributed by atoms with Gasteiger partial charge in [0.25, 0.3) is 5.91 Å². The van der Waals surface area contributed by atoms with Crippen molar-refractivity contribution in [1.82, 2.24) is 0 Å². The van der Waals surface area contributed by atoms with Crippen molar-refractivity contribution in [2.45, 2.75) is 6.92 Å². The third kappa shape index (κ3) is 2.42. The number of carbonyl (C=O) groups excluding carboxylic acids is 1. The topological polar surface area (TPSA) is 62.5 Å². The van der Waals surface area contributed by atoms with Crippen molar-refractivity contribution in [3.05, 3.63) is 46.9 Å². The number of furan rings is 1. The molecule has 17 heavy (non-hydrogen) atoms. The Hall–Kier alpha value is -1.94. The number of benzene rings is 1. The number of anilines is 1. The van der Waals surface area contributed by atoms with E-state index >= 15 is 0 Å². The molecule has 4 nitrogen and oxygen atoms in total. The number of hydrogen-bond acceptors (Lipinski definition) is 3. The van der Waals surface area contributed by atoms with Gasteiger partial charge in [-0.3, -0.25) is 4.79 Å². The molecular weight excluding hydrogens is 242 g/mol. The number of aryl methyl sites for hydroxylation is 1. The molecule has 0 spiro atoms. The van der Waals surface area contributed by atoms with E-state index in [4.69, 9.17) is 16.0 Å². The van der Waals surface area contributed by atoms with Gasteiger partial charge in [0, 0.05) is 11.6 Å². The Balaban J connectivity index is 2.22. The minimum Gasteiger partial charge on any atom is -0.508 e. The second-order valence-corrected chi connectivity index (χ2v) is 3.96. The maximum Gasteiger partial charge on any atom is 0.291 e. The second kappa shape index (κ2) is 4.51. The molecule has 0 atom stereocenters. The van der Waals surface area contributed by atoms with E-state index in [-0.39, 0.29) is 22.4 Å². The molecule has 1 aromatic heterocycles. The van der Waals surface area contributed by atoms with E-state index in [0.29, 0.717) is 5.69 Å². The average molecular weight is 252 g/mol. The first-order valence-electron chi connectivity index (χ1n) is 4.92. The maximum absolute atomic E-state index is 11.8. The molecule has 0 radical (unpaired) electrons. The number of nitrogens with one attached hydrogen (secondary N) is 1. The van der Waals surface area contributed by atoms with Crippen LogP contribution >= 0.6 is 11.6 Å². The van der Waals surface area contributed by atoms with E-state index in [1.54, 1.807) is 13.0 Å². The van der Waals surface area contributed by atoms with Gasteiger partial charge >= 0.3 is 0 Å². The van der Waals surface area contributed by atoms with Gasteiger partial charge in [0.15, 0.2) is 5.76 Å². The third-order valence-corrected chi connectivity index (χ3v) is 2.58. The molecule has 0 aliphatic heterocycles. The summed E-state index contributed by atoms with van der Waals surface area (Å²) < 4.78 is 5.06. The van der Waals surface area contributed by atoms with Gasteiger partial charge in [0.2, 0.25) is 0 Å². The number of phenolic OH excluding ortho intramolecular Hbond substituents is 1. The lowest BCUT2D eigenvalue weighted by Crippen LogP contribution is -2.12. The van der Waals surface area contributed by atoms with Gasteiger partial charge < -0.3 is 14.8 Å². The highest BCUT2D eigenvalue weighted by Crippen LogP contribution is 2.26. The van der Waals surface area contributed by atoms with E-state index in [9.17, 15) is 9.90 Å². The molecule has 2 aromatic rings. The molecule has 0 fully saturated rings. The summed E-state index contributed by atoms with van der Waals surface area (Å²) >= 11 is 5.87. The predicted molar refractivity (Wildman–Crippen MR) is 64.5 cm³/mol. The van der Waals surface area contributed by atoms with Crippen LogP contribution in [-0.2, 0) is 0 Å². The minimum absolute atomic E-state index is 0.0437. The van der Waals surface area contributed by atoms with Crippen molar-refractivity contribution in [3.63, 3.8) is 0 Å². The van der Waals surface area contributed by atoms with Crippen LogP contribution in [0.25, 0.3) is 0 Å². The molecule has 0 bridgehead atoms. The minimum atomic E-state index is -0.375. The molecule has 0 unspecified atom stereocenters. The van der Waals surface area contributed by atoms with Crippen LogP contribution in [-0.4, -0.2) is 11.0 Å². The van der Waals surface area contributed by atoms with Crippen LogP contribution in [0.4, 0.5) is 5.69 Å². The van der Waals surface area contributed by atoms with Gasteiger partial charge in [-0.05, 0) is 25.1 Å². The van der Waals surface area contributed by atoms with Crippen molar-refractivity contribution in [3.8, 4) is 5.75 Å². The SMILES string of the molecule is Cc1ccoc1C(=O)Nc1ccc(O)cc1Cl. The number of amides is 1.